The highest BCUT2D eigenvalue weighted by molar-refractivity contribution is 7.86. The van der Waals surface area contributed by atoms with Crippen molar-refractivity contribution in [3.05, 3.63) is 66.0 Å². The molecule has 1 aliphatic rings. The summed E-state index contributed by atoms with van der Waals surface area (Å²) in [6.07, 6.45) is 0. The van der Waals surface area contributed by atoms with Gasteiger partial charge in [-0.3, -0.25) is 9.00 Å². The van der Waals surface area contributed by atoms with Gasteiger partial charge in [0.05, 0.1) is 22.6 Å². The van der Waals surface area contributed by atoms with Gasteiger partial charge in [-0.2, -0.15) is 10.2 Å². The Kier molecular flexibility index (Phi) is 5.48. The van der Waals surface area contributed by atoms with Gasteiger partial charge in [-0.25, -0.2) is 4.39 Å². The number of alkyl halides is 1. The third kappa shape index (κ3) is 3.54. The maximum absolute atomic E-state index is 13.1. The molecular weight excluding hydrogens is 377 g/mol. The first-order chi connectivity index (χ1) is 12.4. The molecule has 0 spiro atoms. The summed E-state index contributed by atoms with van der Waals surface area (Å²) in [7, 11) is -1.74. The zero-order chi connectivity index (χ0) is 18.7. The fourth-order valence-corrected chi connectivity index (χ4v) is 4.70. The number of anilines is 1. The summed E-state index contributed by atoms with van der Waals surface area (Å²) in [6.45, 7) is 1.72. The van der Waals surface area contributed by atoms with Gasteiger partial charge in [-0.15, -0.1) is 11.6 Å². The fraction of sp³-hybridized carbons (Fsp3) is 0.278. The zero-order valence-electron chi connectivity index (χ0n) is 13.9. The van der Waals surface area contributed by atoms with Crippen molar-refractivity contribution < 1.29 is 13.4 Å². The van der Waals surface area contributed by atoms with Crippen molar-refractivity contribution in [1.82, 2.24) is 0 Å². The largest absolute Gasteiger partial charge is 0.323 e. The first-order valence-corrected chi connectivity index (χ1v) is 9.74. The Balaban J connectivity index is 1.89. The number of hydrogen-bond acceptors (Lipinski definition) is 4. The molecule has 1 amide bonds. The van der Waals surface area contributed by atoms with Crippen LogP contribution in [0.3, 0.4) is 0 Å². The van der Waals surface area contributed by atoms with E-state index in [4.69, 9.17) is 11.6 Å². The van der Waals surface area contributed by atoms with E-state index in [1.165, 1.54) is 24.3 Å². The molecule has 0 aliphatic carbocycles. The summed E-state index contributed by atoms with van der Waals surface area (Å²) >= 11 is 6.43. The Morgan fingerprint density at radius 3 is 2.46 bits per heavy atom. The number of halogens is 2. The molecule has 0 fully saturated rings. The first kappa shape index (κ1) is 18.7. The lowest BCUT2D eigenvalue weighted by Crippen LogP contribution is -2.52. The molecule has 1 heterocycles. The van der Waals surface area contributed by atoms with Crippen LogP contribution in [0.4, 0.5) is 10.1 Å². The molecular formula is C18H17ClFN3O2S. The minimum atomic E-state index is -1.74. The molecule has 2 aromatic carbocycles. The van der Waals surface area contributed by atoms with E-state index < -0.39 is 38.8 Å². The third-order valence-electron chi connectivity index (χ3n) is 4.10. The Hall–Kier alpha value is -2.12. The maximum Gasteiger partial charge on any atom is 0.268 e. The van der Waals surface area contributed by atoms with E-state index in [0.717, 1.165) is 5.56 Å². The van der Waals surface area contributed by atoms with Crippen LogP contribution in [0.25, 0.3) is 0 Å². The van der Waals surface area contributed by atoms with Crippen molar-refractivity contribution in [2.24, 2.45) is 10.2 Å². The second kappa shape index (κ2) is 7.63. The van der Waals surface area contributed by atoms with Gasteiger partial charge in [0.15, 0.2) is 0 Å². The third-order valence-corrected chi connectivity index (χ3v) is 6.72. The molecule has 0 unspecified atom stereocenters. The second-order valence-electron chi connectivity index (χ2n) is 5.99. The molecule has 8 heteroatoms. The Labute approximate surface area is 158 Å². The summed E-state index contributed by atoms with van der Waals surface area (Å²) in [5.74, 6) is -0.923. The van der Waals surface area contributed by atoms with Gasteiger partial charge < -0.3 is 5.32 Å². The van der Waals surface area contributed by atoms with Crippen molar-refractivity contribution in [3.63, 3.8) is 0 Å². The maximum atomic E-state index is 13.1. The SMILES string of the molecule is C[C@@H]1N=N[C@@](C(=O)Nc2ccc(F)cc2)([S@](=O)Cc2ccccc2)[C@H]1Cl. The van der Waals surface area contributed by atoms with Crippen molar-refractivity contribution in [2.75, 3.05) is 5.32 Å². The number of benzene rings is 2. The molecule has 26 heavy (non-hydrogen) atoms. The van der Waals surface area contributed by atoms with E-state index >= 15 is 0 Å². The summed E-state index contributed by atoms with van der Waals surface area (Å²) < 4.78 is 26.2. The number of hydrogen-bond donors (Lipinski definition) is 1. The van der Waals surface area contributed by atoms with Crippen LogP contribution in [-0.4, -0.2) is 26.4 Å². The average molecular weight is 394 g/mol. The topological polar surface area (TPSA) is 70.9 Å². The van der Waals surface area contributed by atoms with Crippen LogP contribution in [0, 0.1) is 5.82 Å². The molecule has 0 saturated carbocycles. The van der Waals surface area contributed by atoms with Crippen molar-refractivity contribution in [1.29, 1.82) is 0 Å². The van der Waals surface area contributed by atoms with Gasteiger partial charge in [0, 0.05) is 5.69 Å². The quantitative estimate of drug-likeness (QED) is 0.783. The van der Waals surface area contributed by atoms with E-state index in [1.807, 2.05) is 30.3 Å². The predicted octanol–water partition coefficient (Wildman–Crippen LogP) is 3.87. The fourth-order valence-electron chi connectivity index (χ4n) is 2.65. The van der Waals surface area contributed by atoms with Crippen LogP contribution >= 0.6 is 11.6 Å². The molecule has 0 radical (unpaired) electrons. The molecule has 0 saturated heterocycles. The Morgan fingerprint density at radius 1 is 1.23 bits per heavy atom. The standard InChI is InChI=1S/C18H17ClFN3O2S/c1-12-16(19)18(23-22-12,26(25)11-13-5-3-2-4-6-13)17(24)21-15-9-7-14(20)8-10-15/h2-10,12,16H,11H2,1H3,(H,21,24)/t12-,16-,18+,26+/m0/s1. The summed E-state index contributed by atoms with van der Waals surface area (Å²) in [5.41, 5.74) is 1.17. The van der Waals surface area contributed by atoms with Crippen molar-refractivity contribution in [3.8, 4) is 0 Å². The van der Waals surface area contributed by atoms with E-state index in [9.17, 15) is 13.4 Å². The van der Waals surface area contributed by atoms with Crippen LogP contribution in [-0.2, 0) is 21.3 Å². The summed E-state index contributed by atoms with van der Waals surface area (Å²) in [5, 5.41) is 9.81. The number of carbonyl (C=O) groups excluding carboxylic acids is 1. The molecule has 1 N–H and O–H groups in total. The number of amides is 1. The molecule has 4 atom stereocenters. The van der Waals surface area contributed by atoms with Crippen LogP contribution in [0.5, 0.6) is 0 Å². The van der Waals surface area contributed by atoms with Gasteiger partial charge in [-0.1, -0.05) is 30.3 Å². The molecule has 3 rings (SSSR count). The Morgan fingerprint density at radius 2 is 1.88 bits per heavy atom. The van der Waals surface area contributed by atoms with Crippen LogP contribution < -0.4 is 5.32 Å². The van der Waals surface area contributed by atoms with Gasteiger partial charge in [0.2, 0.25) is 0 Å². The number of rotatable bonds is 5. The number of azo groups is 1. The van der Waals surface area contributed by atoms with Gasteiger partial charge in [-0.05, 0) is 36.8 Å². The lowest BCUT2D eigenvalue weighted by Gasteiger charge is -2.27. The van der Waals surface area contributed by atoms with Crippen LogP contribution in [0.2, 0.25) is 0 Å². The Bertz CT molecular complexity index is 847. The second-order valence-corrected chi connectivity index (χ2v) is 8.06. The monoisotopic (exact) mass is 393 g/mol. The minimum absolute atomic E-state index is 0.118. The highest BCUT2D eigenvalue weighted by atomic mass is 35.5. The lowest BCUT2D eigenvalue weighted by atomic mass is 10.1. The van der Waals surface area contributed by atoms with Crippen LogP contribution in [0.1, 0.15) is 12.5 Å². The van der Waals surface area contributed by atoms with Crippen molar-refractivity contribution >= 4 is 34.0 Å². The van der Waals surface area contributed by atoms with Gasteiger partial charge in [0.25, 0.3) is 10.8 Å². The molecule has 2 aromatic rings. The number of nitrogens with zero attached hydrogens (tertiary/aromatic N) is 2. The molecule has 136 valence electrons. The summed E-state index contributed by atoms with van der Waals surface area (Å²) in [6, 6.07) is 14.0. The number of carbonyl (C=O) groups is 1. The smallest absolute Gasteiger partial charge is 0.268 e. The van der Waals surface area contributed by atoms with E-state index in [1.54, 1.807) is 6.92 Å². The molecule has 0 bridgehead atoms. The highest BCUT2D eigenvalue weighted by Crippen LogP contribution is 2.37. The van der Waals surface area contributed by atoms with E-state index in [0.29, 0.717) is 5.69 Å². The normalized spacial score (nSPS) is 25.8. The van der Waals surface area contributed by atoms with Crippen LogP contribution in [0.15, 0.2) is 64.8 Å². The molecule has 0 aromatic heterocycles. The first-order valence-electron chi connectivity index (χ1n) is 7.99. The van der Waals surface area contributed by atoms with E-state index in [2.05, 4.69) is 15.5 Å². The molecule has 5 nitrogen and oxygen atoms in total. The van der Waals surface area contributed by atoms with E-state index in [-0.39, 0.29) is 5.75 Å². The van der Waals surface area contributed by atoms with Gasteiger partial charge in [0.1, 0.15) is 11.2 Å². The van der Waals surface area contributed by atoms with Crippen molar-refractivity contribution in [2.45, 2.75) is 29.0 Å². The predicted molar refractivity (Wildman–Crippen MR) is 100 cm³/mol. The summed E-state index contributed by atoms with van der Waals surface area (Å²) in [4.78, 5) is 11.3. The van der Waals surface area contributed by atoms with Gasteiger partial charge >= 0.3 is 0 Å². The molecule has 1 aliphatic heterocycles. The zero-order valence-corrected chi connectivity index (χ0v) is 15.5. The minimum Gasteiger partial charge on any atom is -0.323 e. The number of nitrogens with one attached hydrogen (secondary N) is 1. The highest BCUT2D eigenvalue weighted by Gasteiger charge is 2.56. The average Bonchev–Trinajstić information content (AvgIpc) is 2.94. The lowest BCUT2D eigenvalue weighted by molar-refractivity contribution is -0.118.